The summed E-state index contributed by atoms with van der Waals surface area (Å²) < 4.78 is 7.50. The van der Waals surface area contributed by atoms with Gasteiger partial charge in [-0.05, 0) is 19.1 Å². The van der Waals surface area contributed by atoms with Crippen LogP contribution in [0.5, 0.6) is 5.75 Å². The maximum atomic E-state index is 13.0. The van der Waals surface area contributed by atoms with E-state index in [-0.39, 0.29) is 23.5 Å². The summed E-state index contributed by atoms with van der Waals surface area (Å²) in [6.45, 7) is 1.37. The molecule has 0 fully saturated rings. The molecule has 2 heterocycles. The fourth-order valence-corrected chi connectivity index (χ4v) is 2.96. The maximum absolute atomic E-state index is 13.0. The van der Waals surface area contributed by atoms with Gasteiger partial charge >= 0.3 is 5.69 Å². The Hall–Kier alpha value is -3.42. The Morgan fingerprint density at radius 3 is 2.52 bits per heavy atom. The molecule has 3 aromatic rings. The highest BCUT2D eigenvalue weighted by Gasteiger charge is 2.20. The monoisotopic (exact) mass is 368 g/mol. The van der Waals surface area contributed by atoms with Gasteiger partial charge in [0.25, 0.3) is 5.56 Å². The Labute approximate surface area is 155 Å². The van der Waals surface area contributed by atoms with Crippen LogP contribution in [-0.2, 0) is 18.4 Å². The molecule has 0 radical (unpaired) electrons. The number of aromatic nitrogens is 3. The summed E-state index contributed by atoms with van der Waals surface area (Å²) in [7, 11) is 4.55. The van der Waals surface area contributed by atoms with Gasteiger partial charge in [-0.1, -0.05) is 18.2 Å². The molecule has 0 atom stereocenters. The molecule has 3 rings (SSSR count). The van der Waals surface area contributed by atoms with Gasteiger partial charge in [0.15, 0.2) is 5.65 Å². The lowest BCUT2D eigenvalue weighted by molar-refractivity contribution is -0.119. The summed E-state index contributed by atoms with van der Waals surface area (Å²) >= 11 is 0. The molecule has 0 saturated carbocycles. The molecule has 1 amide bonds. The van der Waals surface area contributed by atoms with Crippen molar-refractivity contribution >= 4 is 22.6 Å². The molecule has 0 saturated heterocycles. The van der Waals surface area contributed by atoms with E-state index in [1.807, 2.05) is 6.07 Å². The lowest BCUT2D eigenvalue weighted by atomic mass is 10.2. The quantitative estimate of drug-likeness (QED) is 0.688. The Morgan fingerprint density at radius 1 is 1.22 bits per heavy atom. The first-order chi connectivity index (χ1) is 12.9. The summed E-state index contributed by atoms with van der Waals surface area (Å²) in [4.78, 5) is 43.9. The fourth-order valence-electron chi connectivity index (χ4n) is 2.96. The van der Waals surface area contributed by atoms with Gasteiger partial charge in [0.1, 0.15) is 17.7 Å². The molecular formula is C19H20N4O4. The van der Waals surface area contributed by atoms with Crippen molar-refractivity contribution in [3.8, 4) is 5.75 Å². The number of benzene rings is 1. The number of anilines is 1. The summed E-state index contributed by atoms with van der Waals surface area (Å²) in [5.74, 6) is -0.0439. The minimum Gasteiger partial charge on any atom is -0.495 e. The molecule has 0 unspecified atom stereocenters. The fraction of sp³-hybridized carbons (Fsp3) is 0.263. The number of hydrogen-bond acceptors (Lipinski definition) is 5. The van der Waals surface area contributed by atoms with Crippen molar-refractivity contribution < 1.29 is 9.53 Å². The number of rotatable bonds is 4. The van der Waals surface area contributed by atoms with Gasteiger partial charge < -0.3 is 9.64 Å². The molecular weight excluding hydrogens is 348 g/mol. The zero-order valence-corrected chi connectivity index (χ0v) is 15.6. The second-order valence-electron chi connectivity index (χ2n) is 6.19. The van der Waals surface area contributed by atoms with E-state index >= 15 is 0 Å². The van der Waals surface area contributed by atoms with Gasteiger partial charge in [0.05, 0.1) is 7.11 Å². The summed E-state index contributed by atoms with van der Waals surface area (Å²) in [5, 5.41) is 0.176. The number of methoxy groups -OCH3 is 1. The predicted octanol–water partition coefficient (Wildman–Crippen LogP) is 1.08. The minimum absolute atomic E-state index is 0.176. The number of para-hydroxylation sites is 1. The maximum Gasteiger partial charge on any atom is 0.332 e. The predicted molar refractivity (Wildman–Crippen MR) is 102 cm³/mol. The third-order valence-corrected chi connectivity index (χ3v) is 4.50. The molecule has 0 aliphatic rings. The van der Waals surface area contributed by atoms with Crippen LogP contribution in [0.2, 0.25) is 0 Å². The summed E-state index contributed by atoms with van der Waals surface area (Å²) in [6.07, 6.45) is 1.54. The largest absolute Gasteiger partial charge is 0.495 e. The SMILES string of the molecule is COc1c(C)cnc2c1c(=O)n(CC(=O)N(C)c1ccccc1)c(=O)n2C. The number of ether oxygens (including phenoxy) is 1. The van der Waals surface area contributed by atoms with Crippen LogP contribution in [0.1, 0.15) is 5.56 Å². The highest BCUT2D eigenvalue weighted by Crippen LogP contribution is 2.23. The van der Waals surface area contributed by atoms with Crippen LogP contribution in [0.15, 0.2) is 46.1 Å². The first-order valence-electron chi connectivity index (χ1n) is 8.31. The van der Waals surface area contributed by atoms with Crippen molar-refractivity contribution in [3.63, 3.8) is 0 Å². The van der Waals surface area contributed by atoms with E-state index in [4.69, 9.17) is 4.74 Å². The smallest absolute Gasteiger partial charge is 0.332 e. The van der Waals surface area contributed by atoms with Crippen molar-refractivity contribution in [2.45, 2.75) is 13.5 Å². The van der Waals surface area contributed by atoms with E-state index in [0.717, 1.165) is 4.57 Å². The van der Waals surface area contributed by atoms with Gasteiger partial charge in [0, 0.05) is 31.5 Å². The number of aryl methyl sites for hydroxylation is 2. The molecule has 0 bridgehead atoms. The van der Waals surface area contributed by atoms with Crippen LogP contribution in [-0.4, -0.2) is 34.2 Å². The molecule has 0 aliphatic heterocycles. The highest BCUT2D eigenvalue weighted by molar-refractivity contribution is 5.92. The van der Waals surface area contributed by atoms with Crippen LogP contribution in [0.3, 0.4) is 0 Å². The highest BCUT2D eigenvalue weighted by atomic mass is 16.5. The molecule has 27 heavy (non-hydrogen) atoms. The lowest BCUT2D eigenvalue weighted by Gasteiger charge is -2.18. The number of fused-ring (bicyclic) bond motifs is 1. The second kappa shape index (κ2) is 7.06. The average Bonchev–Trinajstić information content (AvgIpc) is 2.69. The number of amides is 1. The van der Waals surface area contributed by atoms with Crippen LogP contribution >= 0.6 is 0 Å². The second-order valence-corrected chi connectivity index (χ2v) is 6.19. The molecule has 8 nitrogen and oxygen atoms in total. The van der Waals surface area contributed by atoms with Gasteiger partial charge in [-0.15, -0.1) is 0 Å². The molecule has 140 valence electrons. The molecule has 0 N–H and O–H groups in total. The molecule has 2 aromatic heterocycles. The number of carbonyl (C=O) groups is 1. The zero-order valence-electron chi connectivity index (χ0n) is 15.6. The molecule has 8 heteroatoms. The van der Waals surface area contributed by atoms with Gasteiger partial charge in [-0.3, -0.25) is 14.2 Å². The van der Waals surface area contributed by atoms with Crippen LogP contribution in [0, 0.1) is 6.92 Å². The Bertz CT molecular complexity index is 1130. The average molecular weight is 368 g/mol. The van der Waals surface area contributed by atoms with Crippen molar-refractivity contribution in [2.75, 3.05) is 19.1 Å². The summed E-state index contributed by atoms with van der Waals surface area (Å²) in [5.41, 5.74) is 0.340. The number of hydrogen-bond donors (Lipinski definition) is 0. The van der Waals surface area contributed by atoms with E-state index in [2.05, 4.69) is 4.98 Å². The van der Waals surface area contributed by atoms with Crippen LogP contribution in [0.25, 0.3) is 11.0 Å². The Morgan fingerprint density at radius 2 is 1.89 bits per heavy atom. The molecule has 0 aliphatic carbocycles. The third kappa shape index (κ3) is 3.10. The topological polar surface area (TPSA) is 86.4 Å². The number of carbonyl (C=O) groups excluding carboxylic acids is 1. The van der Waals surface area contributed by atoms with E-state index in [1.165, 1.54) is 23.6 Å². The van der Waals surface area contributed by atoms with E-state index in [1.54, 1.807) is 44.4 Å². The Kier molecular flexibility index (Phi) is 4.81. The van der Waals surface area contributed by atoms with Gasteiger partial charge in [0.2, 0.25) is 5.91 Å². The van der Waals surface area contributed by atoms with Crippen LogP contribution < -0.4 is 20.9 Å². The standard InChI is InChI=1S/C19H20N4O4/c1-12-10-20-17-15(16(12)27-4)18(25)23(19(26)22(17)3)11-14(24)21(2)13-8-6-5-7-9-13/h5-10H,11H2,1-4H3. The van der Waals surface area contributed by atoms with Crippen molar-refractivity contribution in [1.29, 1.82) is 0 Å². The number of pyridine rings is 1. The van der Waals surface area contributed by atoms with E-state index in [0.29, 0.717) is 17.0 Å². The minimum atomic E-state index is -0.610. The first kappa shape index (κ1) is 18.4. The number of nitrogens with zero attached hydrogens (tertiary/aromatic N) is 4. The Balaban J connectivity index is 2.14. The van der Waals surface area contributed by atoms with Crippen molar-refractivity contribution in [2.24, 2.45) is 7.05 Å². The van der Waals surface area contributed by atoms with Gasteiger partial charge in [-0.25, -0.2) is 14.3 Å². The normalized spacial score (nSPS) is 10.8. The lowest BCUT2D eigenvalue weighted by Crippen LogP contribution is -2.44. The third-order valence-electron chi connectivity index (χ3n) is 4.50. The zero-order chi connectivity index (χ0) is 19.7. The first-order valence-corrected chi connectivity index (χ1v) is 8.31. The van der Waals surface area contributed by atoms with E-state index in [9.17, 15) is 14.4 Å². The van der Waals surface area contributed by atoms with Gasteiger partial charge in [-0.2, -0.15) is 0 Å². The summed E-state index contributed by atoms with van der Waals surface area (Å²) in [6, 6.07) is 9.00. The van der Waals surface area contributed by atoms with Crippen molar-refractivity contribution in [1.82, 2.24) is 14.1 Å². The molecule has 1 aromatic carbocycles. The van der Waals surface area contributed by atoms with E-state index < -0.39 is 11.2 Å². The van der Waals surface area contributed by atoms with Crippen LogP contribution in [0.4, 0.5) is 5.69 Å². The number of likely N-dealkylation sites (N-methyl/N-ethyl adjacent to an activating group) is 1. The van der Waals surface area contributed by atoms with Crippen molar-refractivity contribution in [3.05, 3.63) is 62.9 Å². The molecule has 0 spiro atoms.